The van der Waals surface area contributed by atoms with Gasteiger partial charge in [-0.2, -0.15) is 5.10 Å². The molecule has 1 aromatic rings. The SMILES string of the molecule is CCOCCn1nc(C)cc1C(=O)NC1CCC1N. The minimum Gasteiger partial charge on any atom is -0.380 e. The molecule has 2 unspecified atom stereocenters. The topological polar surface area (TPSA) is 82.2 Å². The third kappa shape index (κ3) is 3.33. The van der Waals surface area contributed by atoms with Crippen molar-refractivity contribution < 1.29 is 9.53 Å². The first-order chi connectivity index (χ1) is 9.11. The average Bonchev–Trinajstić information content (AvgIpc) is 2.75. The maximum absolute atomic E-state index is 12.2. The number of rotatable bonds is 6. The lowest BCUT2D eigenvalue weighted by Gasteiger charge is -2.34. The number of nitrogens with zero attached hydrogens (tertiary/aromatic N) is 2. The van der Waals surface area contributed by atoms with E-state index in [1.54, 1.807) is 10.7 Å². The second-order valence-electron chi connectivity index (χ2n) is 4.91. The summed E-state index contributed by atoms with van der Waals surface area (Å²) in [6.07, 6.45) is 1.94. The first kappa shape index (κ1) is 14.0. The quantitative estimate of drug-likeness (QED) is 0.732. The van der Waals surface area contributed by atoms with Crippen LogP contribution in [0.3, 0.4) is 0 Å². The van der Waals surface area contributed by atoms with Crippen LogP contribution in [0.4, 0.5) is 0 Å². The molecule has 6 nitrogen and oxygen atoms in total. The van der Waals surface area contributed by atoms with E-state index >= 15 is 0 Å². The Hall–Kier alpha value is -1.40. The lowest BCUT2D eigenvalue weighted by atomic mass is 9.87. The first-order valence-electron chi connectivity index (χ1n) is 6.80. The van der Waals surface area contributed by atoms with Crippen molar-refractivity contribution >= 4 is 5.91 Å². The van der Waals surface area contributed by atoms with Crippen molar-refractivity contribution in [3.63, 3.8) is 0 Å². The van der Waals surface area contributed by atoms with Crippen LogP contribution in [0.2, 0.25) is 0 Å². The molecule has 1 fully saturated rings. The van der Waals surface area contributed by atoms with Gasteiger partial charge in [0.1, 0.15) is 5.69 Å². The molecular weight excluding hydrogens is 244 g/mol. The second kappa shape index (κ2) is 6.16. The minimum absolute atomic E-state index is 0.0878. The smallest absolute Gasteiger partial charge is 0.269 e. The highest BCUT2D eigenvalue weighted by Gasteiger charge is 2.29. The lowest BCUT2D eigenvalue weighted by Crippen LogP contribution is -2.54. The van der Waals surface area contributed by atoms with E-state index in [0.717, 1.165) is 18.5 Å². The van der Waals surface area contributed by atoms with Crippen LogP contribution in [0, 0.1) is 6.92 Å². The highest BCUT2D eigenvalue weighted by atomic mass is 16.5. The Labute approximate surface area is 113 Å². The molecular formula is C13H22N4O2. The van der Waals surface area contributed by atoms with Gasteiger partial charge in [0.05, 0.1) is 18.8 Å². The fourth-order valence-electron chi connectivity index (χ4n) is 2.14. The van der Waals surface area contributed by atoms with Crippen molar-refractivity contribution in [3.05, 3.63) is 17.5 Å². The van der Waals surface area contributed by atoms with Gasteiger partial charge in [-0.1, -0.05) is 0 Å². The molecule has 1 saturated carbocycles. The molecule has 1 aromatic heterocycles. The van der Waals surface area contributed by atoms with Gasteiger partial charge in [0.15, 0.2) is 0 Å². The highest BCUT2D eigenvalue weighted by Crippen LogP contribution is 2.18. The number of ether oxygens (including phenoxy) is 1. The summed E-state index contributed by atoms with van der Waals surface area (Å²) in [6.45, 7) is 5.63. The Bertz CT molecular complexity index is 444. The van der Waals surface area contributed by atoms with E-state index in [0.29, 0.717) is 25.5 Å². The number of hydrogen-bond acceptors (Lipinski definition) is 4. The molecule has 3 N–H and O–H groups in total. The maximum atomic E-state index is 12.2. The Morgan fingerprint density at radius 3 is 3.00 bits per heavy atom. The van der Waals surface area contributed by atoms with Gasteiger partial charge >= 0.3 is 0 Å². The standard InChI is InChI=1S/C13H22N4O2/c1-3-19-7-6-17-12(8-9(2)16-17)13(18)15-11-5-4-10(11)14/h8,10-11H,3-7,14H2,1-2H3,(H,15,18). The number of nitrogens with two attached hydrogens (primary N) is 1. The number of nitrogens with one attached hydrogen (secondary N) is 1. The van der Waals surface area contributed by atoms with Crippen LogP contribution in [0.1, 0.15) is 35.9 Å². The fourth-order valence-corrected chi connectivity index (χ4v) is 2.14. The van der Waals surface area contributed by atoms with Crippen LogP contribution in [0.25, 0.3) is 0 Å². The van der Waals surface area contributed by atoms with Crippen molar-refractivity contribution in [2.24, 2.45) is 5.73 Å². The van der Waals surface area contributed by atoms with Gasteiger partial charge in [0.25, 0.3) is 5.91 Å². The monoisotopic (exact) mass is 266 g/mol. The molecule has 19 heavy (non-hydrogen) atoms. The molecule has 1 amide bonds. The molecule has 1 heterocycles. The number of carbonyl (C=O) groups is 1. The van der Waals surface area contributed by atoms with E-state index in [4.69, 9.17) is 10.5 Å². The fraction of sp³-hybridized carbons (Fsp3) is 0.692. The molecule has 0 bridgehead atoms. The van der Waals surface area contributed by atoms with Gasteiger partial charge in [-0.15, -0.1) is 0 Å². The molecule has 0 aliphatic heterocycles. The predicted octanol–water partition coefficient (Wildman–Crippen LogP) is 0.448. The molecule has 0 spiro atoms. The lowest BCUT2D eigenvalue weighted by molar-refractivity contribution is 0.0888. The van der Waals surface area contributed by atoms with Crippen molar-refractivity contribution in [2.45, 2.75) is 45.3 Å². The third-order valence-corrected chi connectivity index (χ3v) is 3.43. The Morgan fingerprint density at radius 1 is 1.63 bits per heavy atom. The van der Waals surface area contributed by atoms with Crippen LogP contribution in [-0.2, 0) is 11.3 Å². The molecule has 0 aromatic carbocycles. The summed E-state index contributed by atoms with van der Waals surface area (Å²) in [5.41, 5.74) is 7.25. The van der Waals surface area contributed by atoms with Gasteiger partial charge in [-0.3, -0.25) is 9.48 Å². The first-order valence-corrected chi connectivity index (χ1v) is 6.80. The zero-order chi connectivity index (χ0) is 13.8. The minimum atomic E-state index is -0.0998. The number of hydrogen-bond donors (Lipinski definition) is 2. The van der Waals surface area contributed by atoms with E-state index in [-0.39, 0.29) is 18.0 Å². The van der Waals surface area contributed by atoms with E-state index in [1.165, 1.54) is 0 Å². The summed E-state index contributed by atoms with van der Waals surface area (Å²) >= 11 is 0. The van der Waals surface area contributed by atoms with E-state index in [9.17, 15) is 4.79 Å². The molecule has 0 saturated heterocycles. The van der Waals surface area contributed by atoms with E-state index in [2.05, 4.69) is 10.4 Å². The third-order valence-electron chi connectivity index (χ3n) is 3.43. The summed E-state index contributed by atoms with van der Waals surface area (Å²) in [7, 11) is 0. The Balaban J connectivity index is 1.99. The summed E-state index contributed by atoms with van der Waals surface area (Å²) in [5.74, 6) is -0.0998. The molecule has 1 aliphatic carbocycles. The number of aryl methyl sites for hydroxylation is 1. The van der Waals surface area contributed by atoms with Crippen LogP contribution < -0.4 is 11.1 Å². The van der Waals surface area contributed by atoms with Gasteiger partial charge in [-0.25, -0.2) is 0 Å². The van der Waals surface area contributed by atoms with Crippen LogP contribution >= 0.6 is 0 Å². The zero-order valence-corrected chi connectivity index (χ0v) is 11.6. The van der Waals surface area contributed by atoms with Crippen LogP contribution in [0.15, 0.2) is 6.07 Å². The zero-order valence-electron chi connectivity index (χ0n) is 11.6. The van der Waals surface area contributed by atoms with Gasteiger partial charge in [0.2, 0.25) is 0 Å². The Kier molecular flexibility index (Phi) is 4.55. The second-order valence-corrected chi connectivity index (χ2v) is 4.91. The number of carbonyl (C=O) groups excluding carboxylic acids is 1. The summed E-state index contributed by atoms with van der Waals surface area (Å²) in [5, 5.41) is 7.28. The largest absolute Gasteiger partial charge is 0.380 e. The average molecular weight is 266 g/mol. The van der Waals surface area contributed by atoms with Gasteiger partial charge in [-0.05, 0) is 32.8 Å². The van der Waals surface area contributed by atoms with Gasteiger partial charge in [0, 0.05) is 18.7 Å². The van der Waals surface area contributed by atoms with E-state index < -0.39 is 0 Å². The number of amides is 1. The van der Waals surface area contributed by atoms with Crippen LogP contribution in [-0.4, -0.2) is 41.0 Å². The van der Waals surface area contributed by atoms with Crippen molar-refractivity contribution in [1.29, 1.82) is 0 Å². The summed E-state index contributed by atoms with van der Waals surface area (Å²) in [4.78, 5) is 12.2. The molecule has 106 valence electrons. The molecule has 2 atom stereocenters. The van der Waals surface area contributed by atoms with Crippen molar-refractivity contribution in [2.75, 3.05) is 13.2 Å². The Morgan fingerprint density at radius 2 is 2.42 bits per heavy atom. The van der Waals surface area contributed by atoms with Crippen molar-refractivity contribution in [1.82, 2.24) is 15.1 Å². The highest BCUT2D eigenvalue weighted by molar-refractivity contribution is 5.93. The van der Waals surface area contributed by atoms with Gasteiger partial charge < -0.3 is 15.8 Å². The maximum Gasteiger partial charge on any atom is 0.269 e. The molecule has 2 rings (SSSR count). The predicted molar refractivity (Wildman–Crippen MR) is 71.9 cm³/mol. The van der Waals surface area contributed by atoms with E-state index in [1.807, 2.05) is 13.8 Å². The van der Waals surface area contributed by atoms with Crippen molar-refractivity contribution in [3.8, 4) is 0 Å². The van der Waals surface area contributed by atoms with Crippen LogP contribution in [0.5, 0.6) is 0 Å². The summed E-state index contributed by atoms with van der Waals surface area (Å²) < 4.78 is 7.00. The normalized spacial score (nSPS) is 22.1. The number of aromatic nitrogens is 2. The molecule has 0 radical (unpaired) electrons. The molecule has 6 heteroatoms. The summed E-state index contributed by atoms with van der Waals surface area (Å²) in [6, 6.07) is 1.98. The molecule has 1 aliphatic rings.